The zero-order valence-corrected chi connectivity index (χ0v) is 23.6. The number of carbonyl (C=O) groups is 2. The number of epoxide rings is 1. The minimum absolute atomic E-state index is 0.0235. The fourth-order valence-corrected chi connectivity index (χ4v) is 5.87. The van der Waals surface area contributed by atoms with Crippen LogP contribution in [0.1, 0.15) is 91.3 Å². The van der Waals surface area contributed by atoms with Crippen LogP contribution in [0, 0.1) is 23.2 Å². The van der Waals surface area contributed by atoms with E-state index in [4.69, 9.17) is 9.47 Å². The summed E-state index contributed by atoms with van der Waals surface area (Å²) >= 11 is 1.37. The van der Waals surface area contributed by atoms with Gasteiger partial charge in [0, 0.05) is 17.7 Å². The van der Waals surface area contributed by atoms with E-state index in [1.54, 1.807) is 13.8 Å². The maximum Gasteiger partial charge on any atom is 0.309 e. The number of esters is 1. The summed E-state index contributed by atoms with van der Waals surface area (Å²) in [7, 11) is 0. The van der Waals surface area contributed by atoms with Crippen molar-refractivity contribution in [2.45, 2.75) is 111 Å². The normalized spacial score (nSPS) is 36.8. The Balaban J connectivity index is 1.85. The molecule has 2 saturated heterocycles. The lowest BCUT2D eigenvalue weighted by atomic mass is 9.70. The van der Waals surface area contributed by atoms with E-state index >= 15 is 0 Å². The summed E-state index contributed by atoms with van der Waals surface area (Å²) in [4.78, 5) is 30.7. The lowest BCUT2D eigenvalue weighted by Crippen LogP contribution is -2.44. The fraction of sp³-hybridized carbons (Fsp3) is 0.750. The van der Waals surface area contributed by atoms with E-state index < -0.39 is 23.6 Å². The maximum absolute atomic E-state index is 13.4. The Bertz CT molecular complexity index is 971. The third-order valence-electron chi connectivity index (χ3n) is 8.59. The van der Waals surface area contributed by atoms with Crippen LogP contribution in [0.4, 0.5) is 0 Å². The van der Waals surface area contributed by atoms with Gasteiger partial charge in [0.1, 0.15) is 16.9 Å². The molecule has 2 aliphatic rings. The smallest absolute Gasteiger partial charge is 0.309 e. The first-order valence-corrected chi connectivity index (χ1v) is 14.0. The monoisotopic (exact) mass is 521 g/mol. The largest absolute Gasteiger partial charge is 0.458 e. The van der Waals surface area contributed by atoms with Gasteiger partial charge in [-0.3, -0.25) is 9.59 Å². The van der Waals surface area contributed by atoms with Crippen LogP contribution >= 0.6 is 11.3 Å². The SMILES string of the molecule is C/C(=C\c1csc(CO)n1)[C@@H]1C[C@@H]2O[C@]2(C)CCC[C@H](C)[C@H](C)[C@@H](C)C(=O)C(C)(C)[C@@H](O)CC(=O)O1. The van der Waals surface area contributed by atoms with Crippen LogP contribution in [0.15, 0.2) is 11.0 Å². The minimum atomic E-state index is -1.15. The van der Waals surface area contributed by atoms with Gasteiger partial charge in [-0.25, -0.2) is 4.98 Å². The van der Waals surface area contributed by atoms with Crippen LogP contribution in [-0.4, -0.2) is 50.9 Å². The van der Waals surface area contributed by atoms with Crippen molar-refractivity contribution < 1.29 is 29.3 Å². The average molecular weight is 522 g/mol. The highest BCUT2D eigenvalue weighted by atomic mass is 32.1. The number of rotatable bonds is 3. The van der Waals surface area contributed by atoms with Gasteiger partial charge in [-0.05, 0) is 43.8 Å². The molecule has 7 nitrogen and oxygen atoms in total. The van der Waals surface area contributed by atoms with Gasteiger partial charge in [0.25, 0.3) is 0 Å². The maximum atomic E-state index is 13.4. The van der Waals surface area contributed by atoms with E-state index in [0.717, 1.165) is 24.8 Å². The van der Waals surface area contributed by atoms with Gasteiger partial charge in [0.15, 0.2) is 0 Å². The van der Waals surface area contributed by atoms with Gasteiger partial charge >= 0.3 is 5.97 Å². The number of aromatic nitrogens is 1. The lowest BCUT2D eigenvalue weighted by Gasteiger charge is -2.35. The van der Waals surface area contributed by atoms with Gasteiger partial charge in [0.2, 0.25) is 0 Å². The standard InChI is InChI=1S/C28H43NO6S/c1-16-9-8-10-28(7)23(35-28)12-21(17(2)11-20-15-36-24(14-30)29-20)34-25(32)13-22(31)27(5,6)26(33)19(4)18(16)3/h11,15-16,18-19,21-23,30-31H,8-10,12-14H2,1-7H3/b17-11+/t16-,18-,19+,21-,22-,23-,28+/m0/s1. The third-order valence-corrected chi connectivity index (χ3v) is 9.44. The molecule has 0 radical (unpaired) electrons. The summed E-state index contributed by atoms with van der Waals surface area (Å²) in [6.07, 6.45) is 3.32. The predicted octanol–water partition coefficient (Wildman–Crippen LogP) is 4.94. The average Bonchev–Trinajstić information content (AvgIpc) is 3.23. The number of aliphatic hydroxyl groups is 2. The number of ketones is 1. The van der Waals surface area contributed by atoms with Crippen LogP contribution in [0.2, 0.25) is 0 Å². The minimum Gasteiger partial charge on any atom is -0.458 e. The van der Waals surface area contributed by atoms with E-state index in [1.807, 2.05) is 25.3 Å². The number of Topliss-reactive ketones (excluding diaryl/α,β-unsaturated/α-hetero) is 1. The molecule has 0 spiro atoms. The number of ether oxygens (including phenoxy) is 2. The zero-order valence-electron chi connectivity index (χ0n) is 22.7. The number of hydrogen-bond donors (Lipinski definition) is 2. The van der Waals surface area contributed by atoms with Gasteiger partial charge in [-0.1, -0.05) is 47.5 Å². The topological polar surface area (TPSA) is 109 Å². The Morgan fingerprint density at radius 1 is 1.25 bits per heavy atom. The highest BCUT2D eigenvalue weighted by Gasteiger charge is 2.53. The van der Waals surface area contributed by atoms with Gasteiger partial charge in [-0.15, -0.1) is 11.3 Å². The van der Waals surface area contributed by atoms with Crippen molar-refractivity contribution in [2.75, 3.05) is 0 Å². The molecule has 7 atom stereocenters. The Morgan fingerprint density at radius 3 is 2.58 bits per heavy atom. The third kappa shape index (κ3) is 6.63. The van der Waals surface area contributed by atoms with Gasteiger partial charge in [-0.2, -0.15) is 0 Å². The number of hydrogen-bond acceptors (Lipinski definition) is 8. The number of aliphatic hydroxyl groups excluding tert-OH is 2. The van der Waals surface area contributed by atoms with Crippen LogP contribution in [-0.2, 0) is 25.7 Å². The van der Waals surface area contributed by atoms with E-state index in [1.165, 1.54) is 11.3 Å². The molecule has 36 heavy (non-hydrogen) atoms. The summed E-state index contributed by atoms with van der Waals surface area (Å²) in [5.41, 5.74) is 0.202. The predicted molar refractivity (Wildman–Crippen MR) is 140 cm³/mol. The fourth-order valence-electron chi connectivity index (χ4n) is 5.26. The Kier molecular flexibility index (Phi) is 9.18. The molecule has 1 aromatic heterocycles. The number of nitrogens with zero attached hydrogens (tertiary/aromatic N) is 1. The molecule has 0 aromatic carbocycles. The van der Waals surface area contributed by atoms with Crippen LogP contribution in [0.5, 0.6) is 0 Å². The molecule has 0 unspecified atom stereocenters. The number of carbonyl (C=O) groups excluding carboxylic acids is 2. The van der Waals surface area contributed by atoms with E-state index in [-0.39, 0.29) is 42.4 Å². The Morgan fingerprint density at radius 2 is 1.94 bits per heavy atom. The first kappa shape index (κ1) is 29.0. The molecule has 8 heteroatoms. The second kappa shape index (κ2) is 11.4. The highest BCUT2D eigenvalue weighted by Crippen LogP contribution is 2.45. The van der Waals surface area contributed by atoms with Crippen molar-refractivity contribution in [3.05, 3.63) is 21.7 Å². The molecule has 2 N–H and O–H groups in total. The summed E-state index contributed by atoms with van der Waals surface area (Å²) in [6.45, 7) is 13.6. The molecule has 1 aromatic rings. The second-order valence-corrected chi connectivity index (χ2v) is 12.6. The Hall–Kier alpha value is -1.61. The highest BCUT2D eigenvalue weighted by molar-refractivity contribution is 7.09. The lowest BCUT2D eigenvalue weighted by molar-refractivity contribution is -0.154. The first-order chi connectivity index (χ1) is 16.8. The summed E-state index contributed by atoms with van der Waals surface area (Å²) in [6, 6.07) is 0. The van der Waals surface area contributed by atoms with E-state index in [2.05, 4.69) is 25.8 Å². The number of fused-ring (bicyclic) bond motifs is 1. The van der Waals surface area contributed by atoms with E-state index in [9.17, 15) is 19.8 Å². The molecule has 2 aliphatic heterocycles. The molecular formula is C28H43NO6S. The summed E-state index contributed by atoms with van der Waals surface area (Å²) in [5, 5.41) is 22.7. The molecular weight excluding hydrogens is 478 g/mol. The number of cyclic esters (lactones) is 1. The summed E-state index contributed by atoms with van der Waals surface area (Å²) < 4.78 is 12.0. The van der Waals surface area contributed by atoms with Crippen molar-refractivity contribution in [3.63, 3.8) is 0 Å². The van der Waals surface area contributed by atoms with Crippen molar-refractivity contribution in [2.24, 2.45) is 23.2 Å². The van der Waals surface area contributed by atoms with E-state index in [0.29, 0.717) is 23.0 Å². The van der Waals surface area contributed by atoms with Crippen molar-refractivity contribution in [1.29, 1.82) is 0 Å². The van der Waals surface area contributed by atoms with Crippen molar-refractivity contribution in [3.8, 4) is 0 Å². The van der Waals surface area contributed by atoms with Gasteiger partial charge in [0.05, 0.1) is 41.9 Å². The molecule has 202 valence electrons. The van der Waals surface area contributed by atoms with Crippen LogP contribution in [0.3, 0.4) is 0 Å². The Labute approximate surface area is 219 Å². The molecule has 3 heterocycles. The molecule has 3 rings (SSSR count). The molecule has 2 fully saturated rings. The molecule has 0 bridgehead atoms. The van der Waals surface area contributed by atoms with Crippen LogP contribution < -0.4 is 0 Å². The quantitative estimate of drug-likeness (QED) is 0.428. The van der Waals surface area contributed by atoms with Crippen molar-refractivity contribution in [1.82, 2.24) is 4.98 Å². The van der Waals surface area contributed by atoms with Crippen LogP contribution in [0.25, 0.3) is 6.08 Å². The van der Waals surface area contributed by atoms with Gasteiger partial charge < -0.3 is 19.7 Å². The summed E-state index contributed by atoms with van der Waals surface area (Å²) in [5.74, 6) is -0.271. The van der Waals surface area contributed by atoms with Crippen molar-refractivity contribution >= 4 is 29.2 Å². The second-order valence-electron chi connectivity index (χ2n) is 11.7. The molecule has 0 aliphatic carbocycles. The first-order valence-electron chi connectivity index (χ1n) is 13.1. The number of thiazole rings is 1. The molecule has 0 saturated carbocycles. The molecule has 0 amide bonds. The zero-order chi connectivity index (χ0) is 26.8.